The number of ether oxygens (including phenoxy) is 1. The van der Waals surface area contributed by atoms with Crippen molar-refractivity contribution in [3.05, 3.63) is 86.3 Å². The van der Waals surface area contributed by atoms with E-state index in [1.807, 2.05) is 0 Å². The topological polar surface area (TPSA) is 67.4 Å². The second kappa shape index (κ2) is 10.2. The van der Waals surface area contributed by atoms with Crippen molar-refractivity contribution < 1.29 is 14.3 Å². The highest BCUT2D eigenvalue weighted by molar-refractivity contribution is 6.37. The SMILES string of the molecule is C[C@H](Oc1ccc(Cl)cc1Cl)C(=O)Nc1ccc(NC(=O)c2ccc(Cl)cc2Cl)cc1. The molecule has 1 atom stereocenters. The highest BCUT2D eigenvalue weighted by Crippen LogP contribution is 2.28. The van der Waals surface area contributed by atoms with E-state index in [1.54, 1.807) is 55.5 Å². The van der Waals surface area contributed by atoms with Crippen LogP contribution in [0.1, 0.15) is 17.3 Å². The third kappa shape index (κ3) is 6.28. The van der Waals surface area contributed by atoms with Crippen LogP contribution in [0.2, 0.25) is 20.1 Å². The molecule has 9 heteroatoms. The normalized spacial score (nSPS) is 11.5. The second-order valence-electron chi connectivity index (χ2n) is 6.48. The number of hydrogen-bond donors (Lipinski definition) is 2. The molecule has 3 aromatic rings. The van der Waals surface area contributed by atoms with Crippen LogP contribution in [0.5, 0.6) is 5.75 Å². The van der Waals surface area contributed by atoms with Gasteiger partial charge in [0.1, 0.15) is 5.75 Å². The van der Waals surface area contributed by atoms with Crippen LogP contribution >= 0.6 is 46.4 Å². The summed E-state index contributed by atoms with van der Waals surface area (Å²) in [6.45, 7) is 1.60. The molecule has 5 nitrogen and oxygen atoms in total. The lowest BCUT2D eigenvalue weighted by Gasteiger charge is -2.16. The molecule has 0 aromatic heterocycles. The van der Waals surface area contributed by atoms with Crippen molar-refractivity contribution in [2.45, 2.75) is 13.0 Å². The van der Waals surface area contributed by atoms with Crippen LogP contribution in [0.15, 0.2) is 60.7 Å². The minimum atomic E-state index is -0.801. The molecule has 0 spiro atoms. The van der Waals surface area contributed by atoms with Gasteiger partial charge in [-0.05, 0) is 67.6 Å². The number of benzene rings is 3. The minimum absolute atomic E-state index is 0.253. The summed E-state index contributed by atoms with van der Waals surface area (Å²) >= 11 is 23.8. The first kappa shape index (κ1) is 23.2. The summed E-state index contributed by atoms with van der Waals surface area (Å²) in [7, 11) is 0. The molecule has 0 aliphatic rings. The third-order valence-electron chi connectivity index (χ3n) is 4.15. The summed E-state index contributed by atoms with van der Waals surface area (Å²) in [5.41, 5.74) is 1.37. The number of nitrogens with one attached hydrogen (secondary N) is 2. The second-order valence-corrected chi connectivity index (χ2v) is 8.17. The molecule has 31 heavy (non-hydrogen) atoms. The van der Waals surface area contributed by atoms with Crippen molar-refractivity contribution in [2.24, 2.45) is 0 Å². The molecule has 160 valence electrons. The zero-order valence-corrected chi connectivity index (χ0v) is 19.1. The molecule has 2 N–H and O–H groups in total. The summed E-state index contributed by atoms with van der Waals surface area (Å²) in [5, 5.41) is 6.96. The molecule has 0 bridgehead atoms. The zero-order valence-electron chi connectivity index (χ0n) is 16.1. The van der Waals surface area contributed by atoms with Gasteiger partial charge in [0.15, 0.2) is 6.10 Å². The van der Waals surface area contributed by atoms with Gasteiger partial charge in [0, 0.05) is 21.4 Å². The molecule has 0 fully saturated rings. The Balaban J connectivity index is 1.59. The van der Waals surface area contributed by atoms with E-state index in [9.17, 15) is 9.59 Å². The number of halogens is 4. The van der Waals surface area contributed by atoms with Crippen molar-refractivity contribution in [3.8, 4) is 5.75 Å². The van der Waals surface area contributed by atoms with Crippen LogP contribution in [-0.2, 0) is 4.79 Å². The first-order valence-electron chi connectivity index (χ1n) is 9.02. The predicted octanol–water partition coefficient (Wildman–Crippen LogP) is 6.96. The number of anilines is 2. The lowest BCUT2D eigenvalue weighted by atomic mass is 10.2. The monoisotopic (exact) mass is 496 g/mol. The average Bonchev–Trinajstić information content (AvgIpc) is 2.71. The first-order valence-corrected chi connectivity index (χ1v) is 10.5. The van der Waals surface area contributed by atoms with E-state index in [4.69, 9.17) is 51.1 Å². The van der Waals surface area contributed by atoms with Crippen LogP contribution in [0.4, 0.5) is 11.4 Å². The fourth-order valence-corrected chi connectivity index (χ4v) is 3.51. The largest absolute Gasteiger partial charge is 0.479 e. The van der Waals surface area contributed by atoms with Gasteiger partial charge in [-0.3, -0.25) is 9.59 Å². The van der Waals surface area contributed by atoms with Gasteiger partial charge in [-0.15, -0.1) is 0 Å². The number of carbonyl (C=O) groups is 2. The maximum absolute atomic E-state index is 12.4. The number of hydrogen-bond acceptors (Lipinski definition) is 3. The van der Waals surface area contributed by atoms with Gasteiger partial charge in [0.05, 0.1) is 15.6 Å². The van der Waals surface area contributed by atoms with E-state index in [0.717, 1.165) is 0 Å². The van der Waals surface area contributed by atoms with Gasteiger partial charge in [-0.1, -0.05) is 46.4 Å². The van der Waals surface area contributed by atoms with Crippen molar-refractivity contribution in [2.75, 3.05) is 10.6 Å². The van der Waals surface area contributed by atoms with Gasteiger partial charge in [0.2, 0.25) is 0 Å². The van der Waals surface area contributed by atoms with Crippen LogP contribution in [0, 0.1) is 0 Å². The van der Waals surface area contributed by atoms with Gasteiger partial charge < -0.3 is 15.4 Å². The Morgan fingerprint density at radius 1 is 0.774 bits per heavy atom. The highest BCUT2D eigenvalue weighted by Gasteiger charge is 2.17. The fourth-order valence-electron chi connectivity index (χ4n) is 2.57. The standard InChI is InChI=1S/C22H16Cl4N2O3/c1-12(31-20-9-3-14(24)11-19(20)26)21(29)27-15-4-6-16(7-5-15)28-22(30)17-8-2-13(23)10-18(17)25/h2-12H,1H3,(H,27,29)(H,28,30)/t12-/m0/s1. The Labute approximate surface area is 199 Å². The Bertz CT molecular complexity index is 1120. The Morgan fingerprint density at radius 3 is 1.90 bits per heavy atom. The molecule has 0 saturated heterocycles. The summed E-state index contributed by atoms with van der Waals surface area (Å²) in [6, 6.07) is 16.0. The van der Waals surface area contributed by atoms with E-state index in [0.29, 0.717) is 37.8 Å². The molecule has 0 saturated carbocycles. The molecule has 0 heterocycles. The van der Waals surface area contributed by atoms with Gasteiger partial charge >= 0.3 is 0 Å². The van der Waals surface area contributed by atoms with Crippen LogP contribution in [0.3, 0.4) is 0 Å². The number of amides is 2. The summed E-state index contributed by atoms with van der Waals surface area (Å²) in [5.74, 6) is -0.385. The summed E-state index contributed by atoms with van der Waals surface area (Å²) in [6.07, 6.45) is -0.801. The van der Waals surface area contributed by atoms with E-state index >= 15 is 0 Å². The predicted molar refractivity (Wildman–Crippen MR) is 126 cm³/mol. The van der Waals surface area contributed by atoms with Crippen molar-refractivity contribution in [3.63, 3.8) is 0 Å². The van der Waals surface area contributed by atoms with Crippen molar-refractivity contribution in [1.29, 1.82) is 0 Å². The molecule has 0 aliphatic carbocycles. The zero-order chi connectivity index (χ0) is 22.5. The quantitative estimate of drug-likeness (QED) is 0.386. The van der Waals surface area contributed by atoms with Crippen molar-refractivity contribution in [1.82, 2.24) is 0 Å². The lowest BCUT2D eigenvalue weighted by Crippen LogP contribution is -2.30. The molecule has 3 aromatic carbocycles. The van der Waals surface area contributed by atoms with Gasteiger partial charge in [-0.25, -0.2) is 0 Å². The maximum Gasteiger partial charge on any atom is 0.265 e. The first-order chi connectivity index (χ1) is 14.7. The Morgan fingerprint density at radius 2 is 1.32 bits per heavy atom. The van der Waals surface area contributed by atoms with E-state index in [1.165, 1.54) is 12.1 Å². The smallest absolute Gasteiger partial charge is 0.265 e. The number of carbonyl (C=O) groups excluding carboxylic acids is 2. The highest BCUT2D eigenvalue weighted by atomic mass is 35.5. The summed E-state index contributed by atoms with van der Waals surface area (Å²) < 4.78 is 5.60. The molecule has 0 unspecified atom stereocenters. The Kier molecular flexibility index (Phi) is 7.68. The fraction of sp³-hybridized carbons (Fsp3) is 0.0909. The van der Waals surface area contributed by atoms with Crippen LogP contribution in [0.25, 0.3) is 0 Å². The molecule has 0 radical (unpaired) electrons. The van der Waals surface area contributed by atoms with Crippen LogP contribution in [-0.4, -0.2) is 17.9 Å². The average molecular weight is 498 g/mol. The van der Waals surface area contributed by atoms with Gasteiger partial charge in [-0.2, -0.15) is 0 Å². The Hall–Kier alpha value is -2.44. The molecule has 0 aliphatic heterocycles. The number of rotatable bonds is 6. The van der Waals surface area contributed by atoms with E-state index in [-0.39, 0.29) is 16.8 Å². The van der Waals surface area contributed by atoms with E-state index in [2.05, 4.69) is 10.6 Å². The molecular formula is C22H16Cl4N2O3. The molecular weight excluding hydrogens is 482 g/mol. The molecule has 2 amide bonds. The lowest BCUT2D eigenvalue weighted by molar-refractivity contribution is -0.122. The van der Waals surface area contributed by atoms with Crippen LogP contribution < -0.4 is 15.4 Å². The molecule has 3 rings (SSSR count). The van der Waals surface area contributed by atoms with Crippen molar-refractivity contribution >= 4 is 69.6 Å². The van der Waals surface area contributed by atoms with Gasteiger partial charge in [0.25, 0.3) is 11.8 Å². The third-order valence-corrected chi connectivity index (χ3v) is 5.23. The maximum atomic E-state index is 12.4. The summed E-state index contributed by atoms with van der Waals surface area (Å²) in [4.78, 5) is 24.8. The van der Waals surface area contributed by atoms with E-state index < -0.39 is 6.10 Å². The minimum Gasteiger partial charge on any atom is -0.479 e.